The summed E-state index contributed by atoms with van der Waals surface area (Å²) in [6.45, 7) is -0.222. The van der Waals surface area contributed by atoms with Gasteiger partial charge in [0.05, 0.1) is 24.0 Å². The highest BCUT2D eigenvalue weighted by molar-refractivity contribution is 5.92. The van der Waals surface area contributed by atoms with Crippen LogP contribution in [0.3, 0.4) is 0 Å². The van der Waals surface area contributed by atoms with E-state index in [-0.39, 0.29) is 44.6 Å². The molecule has 9 nitrogen and oxygen atoms in total. The average Bonchev–Trinajstić information content (AvgIpc) is 3.30. The SMILES string of the molecule is FC1(F)CCCCC1.N/C=C(/C(=O)NCc1nc2ccc(CNC(=O)CCC(F)(F)F)cc2[nH]1)N(N)CC1CC1(F)F. The van der Waals surface area contributed by atoms with E-state index < -0.39 is 48.6 Å². The molecule has 1 unspecified atom stereocenters. The molecule has 0 bridgehead atoms. The molecule has 1 heterocycles. The molecule has 1 atom stereocenters. The van der Waals surface area contributed by atoms with Crippen LogP contribution < -0.4 is 22.2 Å². The second-order valence-corrected chi connectivity index (χ2v) is 10.4. The maximum absolute atomic E-state index is 13.1. The van der Waals surface area contributed by atoms with Crippen molar-refractivity contribution in [2.45, 2.75) is 82.5 Å². The zero-order chi connectivity index (χ0) is 31.1. The zero-order valence-corrected chi connectivity index (χ0v) is 22.7. The highest BCUT2D eigenvalue weighted by atomic mass is 19.4. The van der Waals surface area contributed by atoms with Gasteiger partial charge in [-0.05, 0) is 30.5 Å². The lowest BCUT2D eigenvalue weighted by Crippen LogP contribution is -2.41. The first-order chi connectivity index (χ1) is 19.6. The number of amides is 2. The Morgan fingerprint density at radius 3 is 2.31 bits per heavy atom. The Kier molecular flexibility index (Phi) is 10.7. The number of alkyl halides is 7. The van der Waals surface area contributed by atoms with E-state index in [0.717, 1.165) is 17.6 Å². The highest BCUT2D eigenvalue weighted by Crippen LogP contribution is 2.48. The van der Waals surface area contributed by atoms with Crippen LogP contribution in [0.2, 0.25) is 0 Å². The van der Waals surface area contributed by atoms with Gasteiger partial charge in [-0.1, -0.05) is 12.5 Å². The normalized spacial score (nSPS) is 19.4. The fourth-order valence-electron chi connectivity index (χ4n) is 4.28. The first-order valence-electron chi connectivity index (χ1n) is 13.4. The van der Waals surface area contributed by atoms with Crippen LogP contribution in [0, 0.1) is 5.92 Å². The molecular weight excluding hydrogens is 575 g/mol. The molecule has 1 aromatic carbocycles. The molecule has 2 amide bonds. The van der Waals surface area contributed by atoms with Crippen LogP contribution in [0.15, 0.2) is 30.1 Å². The third kappa shape index (κ3) is 10.4. The van der Waals surface area contributed by atoms with E-state index in [1.807, 2.05) is 0 Å². The number of carbonyl (C=O) groups excluding carboxylic acids is 2. The van der Waals surface area contributed by atoms with Gasteiger partial charge in [-0.3, -0.25) is 9.59 Å². The summed E-state index contributed by atoms with van der Waals surface area (Å²) in [5.74, 6) is -1.33. The lowest BCUT2D eigenvalue weighted by Gasteiger charge is -2.20. The van der Waals surface area contributed by atoms with Gasteiger partial charge in [-0.25, -0.2) is 28.4 Å². The molecule has 2 aliphatic carbocycles. The second kappa shape index (κ2) is 13.6. The Bertz CT molecular complexity index is 1260. The van der Waals surface area contributed by atoms with E-state index in [9.17, 15) is 40.3 Å². The summed E-state index contributed by atoms with van der Waals surface area (Å²) in [7, 11) is 0. The lowest BCUT2D eigenvalue weighted by atomic mass is 9.97. The standard InChI is InChI=1S/C20H24F5N7O2.C6H10F2/c21-19(22)6-12(19)10-32(27)15(7-26)18(34)29-9-16-30-13-2-1-11(5-14(13)31-16)8-28-17(33)3-4-20(23,24)25;7-6(8)4-2-1-3-5-6/h1-2,5,7,12H,3-4,6,8-10,26-27H2,(H,28,33)(H,29,34)(H,30,31);1-5H2/b15-7-;. The minimum absolute atomic E-state index is 0.0365. The highest BCUT2D eigenvalue weighted by Gasteiger charge is 2.57. The summed E-state index contributed by atoms with van der Waals surface area (Å²) >= 11 is 0. The largest absolute Gasteiger partial charge is 0.403 e. The van der Waals surface area contributed by atoms with Gasteiger partial charge < -0.3 is 26.4 Å². The van der Waals surface area contributed by atoms with Crippen molar-refractivity contribution >= 4 is 22.8 Å². The van der Waals surface area contributed by atoms with Crippen LogP contribution in [-0.4, -0.2) is 51.4 Å². The van der Waals surface area contributed by atoms with E-state index >= 15 is 0 Å². The van der Waals surface area contributed by atoms with Crippen LogP contribution in [0.5, 0.6) is 0 Å². The molecule has 1 aromatic heterocycles. The van der Waals surface area contributed by atoms with Gasteiger partial charge in [-0.15, -0.1) is 0 Å². The van der Waals surface area contributed by atoms with E-state index in [2.05, 4.69) is 20.6 Å². The maximum Gasteiger partial charge on any atom is 0.389 e. The summed E-state index contributed by atoms with van der Waals surface area (Å²) in [6, 6.07) is 4.97. The minimum Gasteiger partial charge on any atom is -0.403 e. The topological polar surface area (TPSA) is 142 Å². The molecule has 7 N–H and O–H groups in total. The number of hydrogen-bond donors (Lipinski definition) is 5. The Hall–Kier alpha value is -3.56. The van der Waals surface area contributed by atoms with Crippen LogP contribution in [0.1, 0.15) is 62.8 Å². The van der Waals surface area contributed by atoms with Crippen molar-refractivity contribution in [3.8, 4) is 0 Å². The van der Waals surface area contributed by atoms with Crippen LogP contribution in [0.4, 0.5) is 30.7 Å². The number of H-pyrrole nitrogens is 1. The number of aromatic amines is 1. The first-order valence-corrected chi connectivity index (χ1v) is 13.4. The van der Waals surface area contributed by atoms with E-state index in [1.165, 1.54) is 0 Å². The fourth-order valence-corrected chi connectivity index (χ4v) is 4.28. The summed E-state index contributed by atoms with van der Waals surface area (Å²) in [5.41, 5.74) is 7.04. The minimum atomic E-state index is -4.40. The van der Waals surface area contributed by atoms with Gasteiger partial charge >= 0.3 is 6.18 Å². The van der Waals surface area contributed by atoms with E-state index in [1.54, 1.807) is 18.2 Å². The van der Waals surface area contributed by atoms with Crippen molar-refractivity contribution in [2.24, 2.45) is 17.5 Å². The molecule has 234 valence electrons. The Morgan fingerprint density at radius 1 is 1.10 bits per heavy atom. The van der Waals surface area contributed by atoms with Gasteiger partial charge in [0, 0.05) is 50.9 Å². The number of aromatic nitrogens is 2. The summed E-state index contributed by atoms with van der Waals surface area (Å²) in [4.78, 5) is 31.2. The predicted molar refractivity (Wildman–Crippen MR) is 139 cm³/mol. The summed E-state index contributed by atoms with van der Waals surface area (Å²) < 4.78 is 87.1. The van der Waals surface area contributed by atoms with Crippen LogP contribution >= 0.6 is 0 Å². The quantitative estimate of drug-likeness (QED) is 0.117. The van der Waals surface area contributed by atoms with E-state index in [4.69, 9.17) is 11.6 Å². The monoisotopic (exact) mass is 609 g/mol. The number of carbonyl (C=O) groups is 2. The molecule has 0 saturated heterocycles. The number of imidazole rings is 1. The third-order valence-corrected chi connectivity index (χ3v) is 6.79. The molecule has 2 fully saturated rings. The lowest BCUT2D eigenvalue weighted by molar-refractivity contribution is -0.144. The third-order valence-electron chi connectivity index (χ3n) is 6.79. The molecule has 42 heavy (non-hydrogen) atoms. The molecule has 0 aliphatic heterocycles. The van der Waals surface area contributed by atoms with Gasteiger partial charge in [0.1, 0.15) is 11.5 Å². The van der Waals surface area contributed by atoms with Crippen molar-refractivity contribution in [2.75, 3.05) is 6.54 Å². The molecule has 16 heteroatoms. The molecule has 0 radical (unpaired) electrons. The Morgan fingerprint density at radius 2 is 1.76 bits per heavy atom. The smallest absolute Gasteiger partial charge is 0.389 e. The molecule has 4 rings (SSSR count). The second-order valence-electron chi connectivity index (χ2n) is 10.4. The fraction of sp³-hybridized carbons (Fsp3) is 0.577. The Labute approximate surface area is 237 Å². The number of fused-ring (bicyclic) bond motifs is 1. The predicted octanol–water partition coefficient (Wildman–Crippen LogP) is 4.35. The molecule has 2 aliphatic rings. The number of benzene rings is 1. The number of nitrogens with one attached hydrogen (secondary N) is 3. The first kappa shape index (κ1) is 32.9. The zero-order valence-electron chi connectivity index (χ0n) is 22.7. The maximum atomic E-state index is 13.1. The van der Waals surface area contributed by atoms with Gasteiger partial charge in [-0.2, -0.15) is 13.2 Å². The average molecular weight is 610 g/mol. The van der Waals surface area contributed by atoms with Crippen molar-refractivity contribution in [1.29, 1.82) is 0 Å². The van der Waals surface area contributed by atoms with Crippen LogP contribution in [0.25, 0.3) is 11.0 Å². The van der Waals surface area contributed by atoms with Gasteiger partial charge in [0.2, 0.25) is 11.8 Å². The van der Waals surface area contributed by atoms with Crippen LogP contribution in [-0.2, 0) is 22.7 Å². The number of nitrogens with zero attached hydrogens (tertiary/aromatic N) is 2. The van der Waals surface area contributed by atoms with Crippen molar-refractivity contribution < 1.29 is 40.3 Å². The molecule has 0 spiro atoms. The van der Waals surface area contributed by atoms with Gasteiger partial charge in [0.25, 0.3) is 11.8 Å². The number of hydrazine groups is 1. The molecule has 2 aromatic rings. The van der Waals surface area contributed by atoms with Crippen molar-refractivity contribution in [3.63, 3.8) is 0 Å². The van der Waals surface area contributed by atoms with E-state index in [0.29, 0.717) is 35.3 Å². The molecule has 2 saturated carbocycles. The molecular formula is C26H34F7N7O2. The Balaban J connectivity index is 0.000000521. The van der Waals surface area contributed by atoms with Gasteiger partial charge in [0.15, 0.2) is 0 Å². The number of rotatable bonds is 10. The number of halogens is 7. The summed E-state index contributed by atoms with van der Waals surface area (Å²) in [5, 5.41) is 5.86. The number of nitrogens with two attached hydrogens (primary N) is 2. The number of hydrogen-bond acceptors (Lipinski definition) is 6. The summed E-state index contributed by atoms with van der Waals surface area (Å²) in [6.07, 6.45) is -2.93. The van der Waals surface area contributed by atoms with Crippen molar-refractivity contribution in [1.82, 2.24) is 25.6 Å². The van der Waals surface area contributed by atoms with Crippen molar-refractivity contribution in [3.05, 3.63) is 41.5 Å².